The van der Waals surface area contributed by atoms with E-state index in [4.69, 9.17) is 5.11 Å². The third-order valence-electron chi connectivity index (χ3n) is 4.51. The van der Waals surface area contributed by atoms with Crippen LogP contribution in [-0.4, -0.2) is 43.0 Å². The van der Waals surface area contributed by atoms with Crippen molar-refractivity contribution >= 4 is 50.2 Å². The third kappa shape index (κ3) is 3.68. The topological polar surface area (TPSA) is 96.5 Å². The number of anilines is 1. The molecule has 8 nitrogen and oxygen atoms in total. The molecule has 11 heteroatoms. The van der Waals surface area contributed by atoms with E-state index in [9.17, 15) is 9.18 Å². The summed E-state index contributed by atoms with van der Waals surface area (Å²) in [6, 6.07) is 15.4. The average molecular weight is 452 g/mol. The van der Waals surface area contributed by atoms with E-state index >= 15 is 0 Å². The number of thiazole rings is 1. The van der Waals surface area contributed by atoms with Crippen molar-refractivity contribution in [1.29, 1.82) is 0 Å². The molecular formula is C20H13FN6O2S2. The van der Waals surface area contributed by atoms with Crippen molar-refractivity contribution < 1.29 is 14.3 Å². The SMILES string of the molecule is CN(C(=O)O)c1nc2ccc(Sc3nnc4ccc(-c5ccc(F)cc5)nn34)cc2s1. The largest absolute Gasteiger partial charge is 0.465 e. The molecule has 0 aliphatic rings. The van der Waals surface area contributed by atoms with Crippen LogP contribution < -0.4 is 4.90 Å². The van der Waals surface area contributed by atoms with Gasteiger partial charge in [0.25, 0.3) is 0 Å². The van der Waals surface area contributed by atoms with Crippen LogP contribution >= 0.6 is 23.1 Å². The van der Waals surface area contributed by atoms with Gasteiger partial charge < -0.3 is 5.11 Å². The van der Waals surface area contributed by atoms with Gasteiger partial charge in [0.05, 0.1) is 15.9 Å². The van der Waals surface area contributed by atoms with E-state index in [2.05, 4.69) is 20.3 Å². The summed E-state index contributed by atoms with van der Waals surface area (Å²) in [6.07, 6.45) is -1.06. The second-order valence-electron chi connectivity index (χ2n) is 6.55. The monoisotopic (exact) mass is 452 g/mol. The lowest BCUT2D eigenvalue weighted by atomic mass is 10.1. The third-order valence-corrected chi connectivity index (χ3v) is 6.53. The fourth-order valence-electron chi connectivity index (χ4n) is 2.89. The second-order valence-corrected chi connectivity index (χ2v) is 8.60. The minimum Gasteiger partial charge on any atom is -0.465 e. The first-order chi connectivity index (χ1) is 15.0. The summed E-state index contributed by atoms with van der Waals surface area (Å²) in [5.74, 6) is -0.304. The van der Waals surface area contributed by atoms with Crippen LogP contribution in [0.25, 0.3) is 27.1 Å². The molecule has 0 bridgehead atoms. The molecule has 3 aromatic heterocycles. The molecule has 0 radical (unpaired) electrons. The fraction of sp³-hybridized carbons (Fsp3) is 0.0500. The fourth-order valence-corrected chi connectivity index (χ4v) is 4.76. The number of benzene rings is 2. The van der Waals surface area contributed by atoms with E-state index in [-0.39, 0.29) is 5.82 Å². The molecule has 0 saturated carbocycles. The molecule has 1 amide bonds. The number of fused-ring (bicyclic) bond motifs is 2. The lowest BCUT2D eigenvalue weighted by Crippen LogP contribution is -2.23. The molecule has 0 saturated heterocycles. The summed E-state index contributed by atoms with van der Waals surface area (Å²) in [4.78, 5) is 17.5. The van der Waals surface area contributed by atoms with Crippen LogP contribution in [0.1, 0.15) is 0 Å². The van der Waals surface area contributed by atoms with Gasteiger partial charge in [0.2, 0.25) is 5.16 Å². The molecule has 5 aromatic rings. The van der Waals surface area contributed by atoms with Crippen molar-refractivity contribution in [2.24, 2.45) is 0 Å². The molecule has 0 atom stereocenters. The molecule has 3 heterocycles. The highest BCUT2D eigenvalue weighted by Crippen LogP contribution is 2.34. The van der Waals surface area contributed by atoms with Gasteiger partial charge >= 0.3 is 6.09 Å². The molecule has 154 valence electrons. The summed E-state index contributed by atoms with van der Waals surface area (Å²) >= 11 is 2.68. The molecular weight excluding hydrogens is 439 g/mol. The van der Waals surface area contributed by atoms with Gasteiger partial charge in [-0.25, -0.2) is 14.2 Å². The molecule has 31 heavy (non-hydrogen) atoms. The van der Waals surface area contributed by atoms with Crippen LogP contribution in [0.2, 0.25) is 0 Å². The van der Waals surface area contributed by atoms with Gasteiger partial charge in [-0.05, 0) is 66.4 Å². The Labute approximate surface area is 183 Å². The van der Waals surface area contributed by atoms with Crippen molar-refractivity contribution in [1.82, 2.24) is 24.8 Å². The Morgan fingerprint density at radius 1 is 1.13 bits per heavy atom. The van der Waals surface area contributed by atoms with Gasteiger partial charge in [-0.3, -0.25) is 4.90 Å². The molecule has 0 unspecified atom stereocenters. The Morgan fingerprint density at radius 3 is 2.71 bits per heavy atom. The molecule has 2 aromatic carbocycles. The highest BCUT2D eigenvalue weighted by Gasteiger charge is 2.15. The van der Waals surface area contributed by atoms with Crippen molar-refractivity contribution in [3.8, 4) is 11.3 Å². The van der Waals surface area contributed by atoms with E-state index in [0.29, 0.717) is 21.6 Å². The van der Waals surface area contributed by atoms with Crippen LogP contribution in [0.4, 0.5) is 14.3 Å². The van der Waals surface area contributed by atoms with E-state index in [1.54, 1.807) is 16.6 Å². The number of halogens is 1. The maximum absolute atomic E-state index is 13.2. The number of aromatic nitrogens is 5. The van der Waals surface area contributed by atoms with Crippen LogP contribution in [0.5, 0.6) is 0 Å². The number of carbonyl (C=O) groups is 1. The van der Waals surface area contributed by atoms with Crippen LogP contribution in [0.3, 0.4) is 0 Å². The average Bonchev–Trinajstić information content (AvgIpc) is 3.37. The number of carboxylic acid groups (broad SMARTS) is 1. The van der Waals surface area contributed by atoms with Gasteiger partial charge in [-0.15, -0.1) is 10.2 Å². The van der Waals surface area contributed by atoms with Crippen molar-refractivity contribution in [3.05, 3.63) is 60.4 Å². The van der Waals surface area contributed by atoms with Gasteiger partial charge in [0.15, 0.2) is 10.8 Å². The number of amides is 1. The standard InChI is InChI=1S/C20H13FN6O2S2/c1-26(20(28)29)18-22-15-7-6-13(10-16(15)31-18)30-19-24-23-17-9-8-14(25-27(17)19)11-2-4-12(21)5-3-11/h2-10H,1H3,(H,28,29). The zero-order valence-corrected chi connectivity index (χ0v) is 17.6. The van der Waals surface area contributed by atoms with E-state index in [1.165, 1.54) is 42.3 Å². The predicted molar refractivity (Wildman–Crippen MR) is 116 cm³/mol. The normalized spacial score (nSPS) is 11.3. The minimum absolute atomic E-state index is 0.304. The van der Waals surface area contributed by atoms with E-state index in [1.807, 2.05) is 30.3 Å². The molecule has 0 aliphatic carbocycles. The summed E-state index contributed by atoms with van der Waals surface area (Å²) < 4.78 is 15.7. The molecule has 1 N–H and O–H groups in total. The first kappa shape index (κ1) is 19.4. The van der Waals surface area contributed by atoms with Crippen molar-refractivity contribution in [2.75, 3.05) is 11.9 Å². The van der Waals surface area contributed by atoms with Gasteiger partial charge in [0, 0.05) is 17.5 Å². The van der Waals surface area contributed by atoms with Crippen molar-refractivity contribution in [3.63, 3.8) is 0 Å². The first-order valence-corrected chi connectivity index (χ1v) is 10.6. The zero-order chi connectivity index (χ0) is 21.5. The maximum Gasteiger partial charge on any atom is 0.413 e. The molecule has 0 spiro atoms. The van der Waals surface area contributed by atoms with E-state index < -0.39 is 6.09 Å². The highest BCUT2D eigenvalue weighted by molar-refractivity contribution is 7.99. The molecule has 0 fully saturated rings. The van der Waals surface area contributed by atoms with Gasteiger partial charge in [-0.2, -0.15) is 9.61 Å². The lowest BCUT2D eigenvalue weighted by molar-refractivity contribution is 0.203. The maximum atomic E-state index is 13.2. The Bertz CT molecular complexity index is 1430. The van der Waals surface area contributed by atoms with Crippen LogP contribution in [0.15, 0.2) is 64.6 Å². The van der Waals surface area contributed by atoms with Gasteiger partial charge in [0.1, 0.15) is 5.82 Å². The number of nitrogens with zero attached hydrogens (tertiary/aromatic N) is 6. The summed E-state index contributed by atoms with van der Waals surface area (Å²) in [5.41, 5.74) is 2.78. The van der Waals surface area contributed by atoms with Gasteiger partial charge in [-0.1, -0.05) is 11.3 Å². The zero-order valence-electron chi connectivity index (χ0n) is 15.9. The summed E-state index contributed by atoms with van der Waals surface area (Å²) in [7, 11) is 1.46. The summed E-state index contributed by atoms with van der Waals surface area (Å²) in [6.45, 7) is 0. The smallest absolute Gasteiger partial charge is 0.413 e. The first-order valence-electron chi connectivity index (χ1n) is 9.01. The predicted octanol–water partition coefficient (Wildman–Crippen LogP) is 4.81. The Balaban J connectivity index is 1.48. The Kier molecular flexibility index (Phi) is 4.75. The van der Waals surface area contributed by atoms with Crippen LogP contribution in [0, 0.1) is 5.82 Å². The molecule has 5 rings (SSSR count). The number of rotatable bonds is 4. The number of hydrogen-bond acceptors (Lipinski definition) is 7. The Morgan fingerprint density at radius 2 is 1.94 bits per heavy atom. The summed E-state index contributed by atoms with van der Waals surface area (Å²) in [5, 5.41) is 23.1. The minimum atomic E-state index is -1.06. The second kappa shape index (κ2) is 7.60. The quantitative estimate of drug-likeness (QED) is 0.418. The van der Waals surface area contributed by atoms with Crippen molar-refractivity contribution in [2.45, 2.75) is 10.1 Å². The lowest BCUT2D eigenvalue weighted by Gasteiger charge is -2.06. The van der Waals surface area contributed by atoms with E-state index in [0.717, 1.165) is 25.6 Å². The Hall–Kier alpha value is -3.57. The highest BCUT2D eigenvalue weighted by atomic mass is 32.2. The van der Waals surface area contributed by atoms with Crippen LogP contribution in [-0.2, 0) is 0 Å². The molecule has 0 aliphatic heterocycles. The number of hydrogen-bond donors (Lipinski definition) is 1.